The number of phosphoric acid groups is 4. The third-order valence-electron chi connectivity index (χ3n) is 11.7. The number of guanidine groups is 1. The second kappa shape index (κ2) is 20.3. The Morgan fingerprint density at radius 2 is 1.34 bits per heavy atom. The number of methoxy groups -OCH3 is 1. The summed E-state index contributed by atoms with van der Waals surface area (Å²) in [4.78, 5) is 81.0. The van der Waals surface area contributed by atoms with Gasteiger partial charge in [-0.2, -0.15) is 13.6 Å². The van der Waals surface area contributed by atoms with E-state index in [4.69, 9.17) is 54.2 Å². The van der Waals surface area contributed by atoms with Gasteiger partial charge in [-0.3, -0.25) is 41.6 Å². The second-order valence-electron chi connectivity index (χ2n) is 16.5. The van der Waals surface area contributed by atoms with E-state index in [1.807, 2.05) is 0 Å². The first kappa shape index (κ1) is 54.0. The van der Waals surface area contributed by atoms with Crippen LogP contribution >= 0.6 is 31.3 Å². The number of aryl methyl sites for hydroxylation is 1. The van der Waals surface area contributed by atoms with Crippen LogP contribution in [-0.2, 0) is 77.5 Å². The molecule has 5 aromatic heterocycles. The van der Waals surface area contributed by atoms with E-state index >= 15 is 0 Å². The number of aromatic amines is 1. The number of aromatic nitrogens is 10. The highest BCUT2D eigenvalue weighted by atomic mass is 31.3. The van der Waals surface area contributed by atoms with Gasteiger partial charge in [0.15, 0.2) is 47.1 Å². The highest BCUT2D eigenvalue weighted by Crippen LogP contribution is 2.68. The van der Waals surface area contributed by atoms with Crippen molar-refractivity contribution in [2.24, 2.45) is 17.8 Å². The summed E-state index contributed by atoms with van der Waals surface area (Å²) in [6.45, 7) is -3.14. The van der Waals surface area contributed by atoms with E-state index < -0.39 is 130 Å². The topological polar surface area (TPSA) is 541 Å². The first-order chi connectivity index (χ1) is 34.8. The number of ether oxygens (including phenoxy) is 4. The normalized spacial score (nSPS) is 31.4. The number of hydrogen-bond acceptors (Lipinski definition) is 29. The molecule has 406 valence electrons. The predicted octanol–water partition coefficient (Wildman–Crippen LogP) is -4.29. The standard InChI is InChI=1S/C32H45N15O23P4/c1-44-10-47(24-11(44)3-36-31(34)41-24)29-20(51)18(49)13(66-29)5-63-72(55,56)69-74(59,60)70-73(57,58)64-6-14-21(22(61-2)30(67-14)45-8-39-15-23(33)37-7-38-25(15)45)68-71(53,54)62-4-12-17(48)19(50)28(65-12)46-9-40-16-26(46)42-32(35)43-27(16)52/h7-10,12-14,17-22,28-30,48-51H,3-6H2,1-2H3,(H11-,33,34,35,36,37,38,41,42,43,52,53,54,55,56,57,58,59,60)/p+1. The van der Waals surface area contributed by atoms with Crippen molar-refractivity contribution in [3.63, 3.8) is 0 Å². The van der Waals surface area contributed by atoms with Crippen LogP contribution in [0, 0.1) is 0 Å². The average molecular weight is 1130 g/mol. The van der Waals surface area contributed by atoms with Crippen molar-refractivity contribution in [3.05, 3.63) is 41.4 Å². The Hall–Kier alpha value is -4.82. The third-order valence-corrected chi connectivity index (χ3v) is 16.9. The SMILES string of the molecule is COC1C(OP(=O)(O)OCC2OC(n3cnc4c(=O)[nH]c(N)nc43)C(O)C2O)C(COP(=O)(O)OP(=O)(O)OP(=O)(O)OCC2OC([n+]3cn(C)c4c3NC(N)=NC4)C(O)C2O)OC1n1cnc2c(N)ncnc21. The van der Waals surface area contributed by atoms with Crippen molar-refractivity contribution in [1.29, 1.82) is 0 Å². The van der Waals surface area contributed by atoms with Gasteiger partial charge in [0.25, 0.3) is 17.3 Å². The molecule has 4 aliphatic heterocycles. The van der Waals surface area contributed by atoms with Crippen LogP contribution in [0.15, 0.2) is 35.1 Å². The number of nitrogens with one attached hydrogen (secondary N) is 2. The molecule has 9 rings (SSSR count). The quantitative estimate of drug-likeness (QED) is 0.0275. The summed E-state index contributed by atoms with van der Waals surface area (Å²) < 4.78 is 110. The van der Waals surface area contributed by atoms with Gasteiger partial charge in [-0.05, 0) is 0 Å². The first-order valence-electron chi connectivity index (χ1n) is 21.1. The van der Waals surface area contributed by atoms with Crippen molar-refractivity contribution in [2.75, 3.05) is 43.7 Å². The van der Waals surface area contributed by atoms with Crippen molar-refractivity contribution in [3.8, 4) is 0 Å². The van der Waals surface area contributed by atoms with Gasteiger partial charge in [-0.1, -0.05) is 0 Å². The van der Waals surface area contributed by atoms with Crippen LogP contribution < -0.4 is 32.6 Å². The van der Waals surface area contributed by atoms with Gasteiger partial charge >= 0.3 is 31.3 Å². The number of nitrogens with two attached hydrogens (primary N) is 3. The molecule has 0 radical (unpaired) electrons. The highest BCUT2D eigenvalue weighted by molar-refractivity contribution is 7.66. The number of rotatable bonds is 19. The number of phosphoric ester groups is 3. The maximum atomic E-state index is 13.7. The third kappa shape index (κ3) is 10.8. The van der Waals surface area contributed by atoms with E-state index in [0.29, 0.717) is 11.5 Å². The number of anilines is 3. The Bertz CT molecular complexity index is 3230. The van der Waals surface area contributed by atoms with Crippen LogP contribution in [0.5, 0.6) is 0 Å². The van der Waals surface area contributed by atoms with Crippen molar-refractivity contribution in [2.45, 2.75) is 80.2 Å². The fourth-order valence-corrected chi connectivity index (χ4v) is 12.8. The minimum absolute atomic E-state index is 0.0177. The smallest absolute Gasteiger partial charge is 0.387 e. The lowest BCUT2D eigenvalue weighted by atomic mass is 10.1. The van der Waals surface area contributed by atoms with Crippen LogP contribution in [0.3, 0.4) is 0 Å². The minimum atomic E-state index is -6.17. The molecule has 0 aliphatic carbocycles. The maximum Gasteiger partial charge on any atom is 0.490 e. The van der Waals surface area contributed by atoms with Gasteiger partial charge in [-0.25, -0.2) is 53.1 Å². The Morgan fingerprint density at radius 3 is 2.01 bits per heavy atom. The van der Waals surface area contributed by atoms with E-state index in [-0.39, 0.29) is 46.6 Å². The molecule has 5 aromatic rings. The maximum absolute atomic E-state index is 13.7. The van der Waals surface area contributed by atoms with Gasteiger partial charge in [0, 0.05) is 7.11 Å². The Labute approximate surface area is 411 Å². The van der Waals surface area contributed by atoms with E-state index in [1.54, 1.807) is 11.6 Å². The Kier molecular flexibility index (Phi) is 14.8. The van der Waals surface area contributed by atoms with Gasteiger partial charge in [0.05, 0.1) is 39.5 Å². The molecule has 0 amide bonds. The Morgan fingerprint density at radius 1 is 0.743 bits per heavy atom. The molecular formula is C32H46N15O23P4+. The summed E-state index contributed by atoms with van der Waals surface area (Å²) in [6.07, 6.45) is -14.9. The fourth-order valence-electron chi connectivity index (χ4n) is 8.30. The molecule has 38 nitrogen and oxygen atoms in total. The van der Waals surface area contributed by atoms with Crippen molar-refractivity contribution >= 4 is 77.2 Å². The molecule has 16 unspecified atom stereocenters. The molecule has 0 aromatic carbocycles. The zero-order valence-corrected chi connectivity index (χ0v) is 41.3. The number of nitrogens with zero attached hydrogens (tertiary/aromatic N) is 10. The zero-order chi connectivity index (χ0) is 53.4. The van der Waals surface area contributed by atoms with Gasteiger partial charge < -0.3 is 76.1 Å². The highest BCUT2D eigenvalue weighted by Gasteiger charge is 2.54. The molecule has 74 heavy (non-hydrogen) atoms. The number of fused-ring (bicyclic) bond motifs is 3. The number of imidazole rings is 3. The summed E-state index contributed by atoms with van der Waals surface area (Å²) in [7, 11) is -20.6. The number of aliphatic imine (C=N–C) groups is 1. The Balaban J connectivity index is 0.857. The minimum Gasteiger partial charge on any atom is -0.387 e. The van der Waals surface area contributed by atoms with Crippen LogP contribution in [0.1, 0.15) is 24.4 Å². The predicted molar refractivity (Wildman–Crippen MR) is 238 cm³/mol. The molecule has 9 heterocycles. The lowest BCUT2D eigenvalue weighted by Gasteiger charge is -2.26. The van der Waals surface area contributed by atoms with Crippen molar-refractivity contribution in [1.82, 2.24) is 43.6 Å². The van der Waals surface area contributed by atoms with E-state index in [2.05, 4.69) is 48.8 Å². The molecular weight excluding hydrogens is 1090 g/mol. The van der Waals surface area contributed by atoms with Gasteiger partial charge in [-0.15, -0.1) is 0 Å². The first-order valence-corrected chi connectivity index (χ1v) is 27.1. The number of aliphatic hydroxyl groups is 4. The lowest BCUT2D eigenvalue weighted by molar-refractivity contribution is -0.753. The monoisotopic (exact) mass is 1130 g/mol. The summed E-state index contributed by atoms with van der Waals surface area (Å²) in [5.74, 6) is -0.00488. The lowest BCUT2D eigenvalue weighted by Crippen LogP contribution is -2.48. The average Bonchev–Trinajstić information content (AvgIpc) is 4.17. The summed E-state index contributed by atoms with van der Waals surface area (Å²) in [5.41, 5.74) is 17.0. The molecule has 16 atom stereocenters. The fraction of sp³-hybridized carbons (Fsp3) is 0.562. The van der Waals surface area contributed by atoms with Crippen LogP contribution in [0.2, 0.25) is 0 Å². The van der Waals surface area contributed by atoms with E-state index in [1.165, 1.54) is 15.5 Å². The molecule has 3 fully saturated rings. The van der Waals surface area contributed by atoms with Crippen molar-refractivity contribution < 1.29 is 108 Å². The molecule has 16 N–H and O–H groups in total. The van der Waals surface area contributed by atoms with Crippen LogP contribution in [0.25, 0.3) is 22.3 Å². The zero-order valence-electron chi connectivity index (χ0n) is 37.8. The van der Waals surface area contributed by atoms with Crippen LogP contribution in [-0.4, -0.2) is 171 Å². The molecule has 0 bridgehead atoms. The van der Waals surface area contributed by atoms with E-state index in [9.17, 15) is 63.1 Å². The molecule has 0 spiro atoms. The molecule has 42 heteroatoms. The summed E-state index contributed by atoms with van der Waals surface area (Å²) >= 11 is 0. The van der Waals surface area contributed by atoms with Gasteiger partial charge in [0.2, 0.25) is 12.2 Å². The number of aliphatic hydroxyl groups excluding tert-OH is 4. The summed E-state index contributed by atoms with van der Waals surface area (Å²) in [5, 5.41) is 46.0. The second-order valence-corrected chi connectivity index (χ2v) is 22.5. The molecule has 3 saturated heterocycles. The molecule has 4 aliphatic rings. The number of hydrogen-bond donors (Lipinski definition) is 13. The van der Waals surface area contributed by atoms with E-state index in [0.717, 1.165) is 30.7 Å². The van der Waals surface area contributed by atoms with Gasteiger partial charge in [0.1, 0.15) is 73.3 Å². The number of H-pyrrole nitrogens is 1. The van der Waals surface area contributed by atoms with Crippen LogP contribution in [0.4, 0.5) is 17.6 Å². The molecule has 0 saturated carbocycles. The number of nitrogen functional groups attached to an aromatic ring is 2. The largest absolute Gasteiger partial charge is 0.490 e. The summed E-state index contributed by atoms with van der Waals surface area (Å²) in [6, 6.07) is 0.